The van der Waals surface area contributed by atoms with Crippen LogP contribution in [-0.2, 0) is 0 Å². The van der Waals surface area contributed by atoms with Crippen LogP contribution in [0.3, 0.4) is 0 Å². The van der Waals surface area contributed by atoms with E-state index in [1.54, 1.807) is 0 Å². The van der Waals surface area contributed by atoms with Crippen molar-refractivity contribution in [1.29, 1.82) is 0 Å². The van der Waals surface area contributed by atoms with Gasteiger partial charge < -0.3 is 10.5 Å². The lowest BCUT2D eigenvalue weighted by Gasteiger charge is -2.02. The molecule has 0 fully saturated rings. The summed E-state index contributed by atoms with van der Waals surface area (Å²) in [5.41, 5.74) is 0. The summed E-state index contributed by atoms with van der Waals surface area (Å²) in [4.78, 5) is 0. The zero-order valence-corrected chi connectivity index (χ0v) is 7.53. The molecule has 0 amide bonds. The molecule has 0 bridgehead atoms. The van der Waals surface area contributed by atoms with Crippen molar-refractivity contribution in [2.45, 2.75) is 32.6 Å². The Bertz CT molecular complexity index is 61.1. The van der Waals surface area contributed by atoms with Crippen LogP contribution in [0.25, 0.3) is 0 Å². The second-order valence-electron chi connectivity index (χ2n) is 2.76. The van der Waals surface area contributed by atoms with Crippen molar-refractivity contribution in [3.8, 4) is 0 Å². The van der Waals surface area contributed by atoms with Gasteiger partial charge in [0.25, 0.3) is 0 Å². The molecule has 11 heavy (non-hydrogen) atoms. The molecule has 0 saturated carbocycles. The van der Waals surface area contributed by atoms with E-state index in [0.717, 1.165) is 26.1 Å². The summed E-state index contributed by atoms with van der Waals surface area (Å²) in [6, 6.07) is 0. The monoisotopic (exact) mass is 154 g/mol. The molecular formula is C8H19BN2. The third-order valence-corrected chi connectivity index (χ3v) is 1.63. The van der Waals surface area contributed by atoms with Crippen LogP contribution >= 0.6 is 0 Å². The maximum Gasteiger partial charge on any atom is 0.177 e. The Labute approximate surface area is 71.6 Å². The Hall–Kier alpha value is -0.0151. The van der Waals surface area contributed by atoms with Crippen molar-refractivity contribution >= 4 is 7.98 Å². The van der Waals surface area contributed by atoms with E-state index in [4.69, 9.17) is 7.98 Å². The van der Waals surface area contributed by atoms with Crippen molar-refractivity contribution in [3.05, 3.63) is 0 Å². The molecule has 2 nitrogen and oxygen atoms in total. The number of hydrogen-bond acceptors (Lipinski definition) is 2. The van der Waals surface area contributed by atoms with Gasteiger partial charge in [-0.05, 0) is 32.5 Å². The topological polar surface area (TPSA) is 24.1 Å². The highest BCUT2D eigenvalue weighted by Gasteiger charge is 1.86. The summed E-state index contributed by atoms with van der Waals surface area (Å²) in [6.45, 7) is 5.35. The molecule has 0 aliphatic carbocycles. The smallest absolute Gasteiger partial charge is 0.177 e. The van der Waals surface area contributed by atoms with Gasteiger partial charge in [-0.25, -0.2) is 0 Å². The van der Waals surface area contributed by atoms with E-state index >= 15 is 0 Å². The molecule has 2 N–H and O–H groups in total. The number of rotatable bonds is 8. The van der Waals surface area contributed by atoms with Gasteiger partial charge in [-0.3, -0.25) is 0 Å². The molecule has 0 aliphatic heterocycles. The molecule has 2 radical (unpaired) electrons. The molecule has 0 aliphatic rings. The molecule has 0 aromatic rings. The molecule has 0 saturated heterocycles. The van der Waals surface area contributed by atoms with Crippen molar-refractivity contribution in [3.63, 3.8) is 0 Å². The number of unbranched alkanes of at least 4 members (excludes halogenated alkanes) is 2. The van der Waals surface area contributed by atoms with Crippen LogP contribution in [0, 0.1) is 0 Å². The fourth-order valence-electron chi connectivity index (χ4n) is 0.940. The van der Waals surface area contributed by atoms with Crippen LogP contribution in [0.1, 0.15) is 32.6 Å². The predicted octanol–water partition coefficient (Wildman–Crippen LogP) is 0.829. The van der Waals surface area contributed by atoms with E-state index in [1.165, 1.54) is 19.3 Å². The van der Waals surface area contributed by atoms with Crippen molar-refractivity contribution in [2.75, 3.05) is 19.6 Å². The van der Waals surface area contributed by atoms with Gasteiger partial charge in [0.15, 0.2) is 7.98 Å². The van der Waals surface area contributed by atoms with Gasteiger partial charge in [0.05, 0.1) is 0 Å². The van der Waals surface area contributed by atoms with E-state index in [1.807, 2.05) is 0 Å². The minimum atomic E-state index is 0.904. The largest absolute Gasteiger partial charge is 0.366 e. The van der Waals surface area contributed by atoms with E-state index in [2.05, 4.69) is 17.5 Å². The summed E-state index contributed by atoms with van der Waals surface area (Å²) in [5.74, 6) is 0. The first-order valence-corrected chi connectivity index (χ1v) is 4.56. The highest BCUT2D eigenvalue weighted by molar-refractivity contribution is 6.04. The highest BCUT2D eigenvalue weighted by Crippen LogP contribution is 1.90. The van der Waals surface area contributed by atoms with Crippen molar-refractivity contribution in [2.24, 2.45) is 0 Å². The van der Waals surface area contributed by atoms with E-state index in [9.17, 15) is 0 Å². The number of hydrogen-bond donors (Lipinski definition) is 2. The number of nitrogens with one attached hydrogen (secondary N) is 2. The standard InChI is InChI=1S/C8H19BN2/c1-2-3-4-6-10-7-5-8-11-9/h10-11H,2-8H2,1H3. The van der Waals surface area contributed by atoms with Crippen LogP contribution in [0.4, 0.5) is 0 Å². The summed E-state index contributed by atoms with van der Waals surface area (Å²) < 4.78 is 0. The third-order valence-electron chi connectivity index (χ3n) is 1.63. The Kier molecular flexibility index (Phi) is 9.97. The van der Waals surface area contributed by atoms with Gasteiger partial charge >= 0.3 is 0 Å². The molecule has 64 valence electrons. The van der Waals surface area contributed by atoms with Gasteiger partial charge in [-0.15, -0.1) is 0 Å². The van der Waals surface area contributed by atoms with Gasteiger partial charge in [-0.2, -0.15) is 0 Å². The minimum Gasteiger partial charge on any atom is -0.366 e. The first-order valence-electron chi connectivity index (χ1n) is 4.56. The lowest BCUT2D eigenvalue weighted by molar-refractivity contribution is 0.598. The van der Waals surface area contributed by atoms with E-state index < -0.39 is 0 Å². The molecule has 0 aromatic carbocycles. The minimum absolute atomic E-state index is 0.904. The average molecular weight is 154 g/mol. The molecule has 0 unspecified atom stereocenters. The Balaban J connectivity index is 2.69. The molecule has 0 rings (SSSR count). The van der Waals surface area contributed by atoms with Gasteiger partial charge in [0, 0.05) is 0 Å². The maximum absolute atomic E-state index is 5.11. The van der Waals surface area contributed by atoms with Crippen molar-refractivity contribution in [1.82, 2.24) is 10.5 Å². The zero-order valence-electron chi connectivity index (χ0n) is 7.53. The Morgan fingerprint density at radius 3 is 2.36 bits per heavy atom. The molecule has 3 heteroatoms. The Morgan fingerprint density at radius 2 is 1.73 bits per heavy atom. The molecular weight excluding hydrogens is 135 g/mol. The second-order valence-corrected chi connectivity index (χ2v) is 2.76. The molecule has 0 atom stereocenters. The van der Waals surface area contributed by atoms with Crippen LogP contribution in [0.2, 0.25) is 0 Å². The third kappa shape index (κ3) is 9.98. The van der Waals surface area contributed by atoms with Crippen LogP contribution in [0.15, 0.2) is 0 Å². The normalized spacial score (nSPS) is 10.3. The van der Waals surface area contributed by atoms with Gasteiger partial charge in [0.2, 0.25) is 0 Å². The van der Waals surface area contributed by atoms with Crippen LogP contribution in [0.5, 0.6) is 0 Å². The highest BCUT2D eigenvalue weighted by atomic mass is 14.9. The fraction of sp³-hybridized carbons (Fsp3) is 1.00. The maximum atomic E-state index is 5.11. The van der Waals surface area contributed by atoms with Gasteiger partial charge in [0.1, 0.15) is 0 Å². The summed E-state index contributed by atoms with van der Waals surface area (Å²) in [7, 11) is 5.11. The average Bonchev–Trinajstić information content (AvgIpc) is 2.03. The van der Waals surface area contributed by atoms with E-state index in [-0.39, 0.29) is 0 Å². The lowest BCUT2D eigenvalue weighted by Crippen LogP contribution is -2.21. The van der Waals surface area contributed by atoms with Gasteiger partial charge in [-0.1, -0.05) is 19.8 Å². The van der Waals surface area contributed by atoms with E-state index in [0.29, 0.717) is 0 Å². The summed E-state index contributed by atoms with van der Waals surface area (Å²) in [6.07, 6.45) is 5.04. The predicted molar refractivity (Wildman–Crippen MR) is 50.8 cm³/mol. The summed E-state index contributed by atoms with van der Waals surface area (Å²) >= 11 is 0. The Morgan fingerprint density at radius 1 is 1.00 bits per heavy atom. The SMILES string of the molecule is [B]NCCCNCCCCC. The molecule has 0 heterocycles. The second kappa shape index (κ2) is 9.98. The molecule has 0 aromatic heterocycles. The fourth-order valence-corrected chi connectivity index (χ4v) is 0.940. The van der Waals surface area contributed by atoms with Crippen LogP contribution < -0.4 is 10.5 Å². The first kappa shape index (κ1) is 11.0. The quantitative estimate of drug-likeness (QED) is 0.399. The first-order chi connectivity index (χ1) is 5.41. The molecule has 0 spiro atoms. The summed E-state index contributed by atoms with van der Waals surface area (Å²) in [5, 5.41) is 5.99. The van der Waals surface area contributed by atoms with Crippen molar-refractivity contribution < 1.29 is 0 Å². The lowest BCUT2D eigenvalue weighted by atomic mass is 10.2. The van der Waals surface area contributed by atoms with Crippen LogP contribution in [-0.4, -0.2) is 27.6 Å². The zero-order chi connectivity index (χ0) is 8.36.